The number of rotatable bonds is 42. The van der Waals surface area contributed by atoms with E-state index in [1.54, 1.807) is 0 Å². The minimum absolute atomic E-state index is 0.242. The second kappa shape index (κ2) is 38.3. The van der Waals surface area contributed by atoms with Crippen LogP contribution in [0.1, 0.15) is 239 Å². The third-order valence-electron chi connectivity index (χ3n) is 12.3. The summed E-state index contributed by atoms with van der Waals surface area (Å²) in [6.45, 7) is 4.08. The molecule has 0 aliphatic carbocycles. The van der Waals surface area contributed by atoms with Gasteiger partial charge >= 0.3 is 5.97 Å². The number of carboxylic acid groups (broad SMARTS) is 1. The third kappa shape index (κ3) is 28.8. The maximum Gasteiger partial charge on any atom is 0.335 e. The second-order valence-corrected chi connectivity index (χ2v) is 17.8. The summed E-state index contributed by atoms with van der Waals surface area (Å²) in [6.07, 6.45) is 30.1. The van der Waals surface area contributed by atoms with Crippen LogP contribution in [0.5, 0.6) is 0 Å². The van der Waals surface area contributed by atoms with Gasteiger partial charge in [-0.2, -0.15) is 0 Å². The van der Waals surface area contributed by atoms with Gasteiger partial charge in [0.2, 0.25) is 5.91 Å². The van der Waals surface area contributed by atoms with Crippen molar-refractivity contribution in [2.45, 2.75) is 288 Å². The van der Waals surface area contributed by atoms with Crippen LogP contribution in [-0.4, -0.2) is 98.1 Å². The summed E-state index contributed by atoms with van der Waals surface area (Å²) in [5.41, 5.74) is 0. The Morgan fingerprint density at radius 3 is 1.25 bits per heavy atom. The number of aliphatic carboxylic acids is 1. The van der Waals surface area contributed by atoms with Gasteiger partial charge in [0.1, 0.15) is 24.4 Å². The molecule has 0 spiro atoms. The minimum Gasteiger partial charge on any atom is -0.479 e. The molecule has 1 fully saturated rings. The molecule has 0 bridgehead atoms. The van der Waals surface area contributed by atoms with Crippen molar-refractivity contribution in [1.29, 1.82) is 0 Å². The Morgan fingerprint density at radius 1 is 0.525 bits per heavy atom. The van der Waals surface area contributed by atoms with Crippen molar-refractivity contribution < 1.29 is 49.7 Å². The molecule has 8 atom stereocenters. The molecule has 7 N–H and O–H groups in total. The van der Waals surface area contributed by atoms with Crippen LogP contribution >= 0.6 is 0 Å². The normalized spacial score (nSPS) is 21.0. The van der Waals surface area contributed by atoms with Crippen molar-refractivity contribution in [1.82, 2.24) is 5.32 Å². The van der Waals surface area contributed by atoms with E-state index in [9.17, 15) is 40.2 Å². The lowest BCUT2D eigenvalue weighted by Gasteiger charge is -2.39. The first kappa shape index (κ1) is 55.7. The Balaban J connectivity index is 2.34. The van der Waals surface area contributed by atoms with E-state index < -0.39 is 61.5 Å². The summed E-state index contributed by atoms with van der Waals surface area (Å²) in [7, 11) is 0. The Labute approximate surface area is 360 Å². The molecule has 0 aromatic heterocycles. The number of unbranched alkanes of at least 4 members (excludes halogenated alkanes) is 31. The van der Waals surface area contributed by atoms with E-state index in [0.29, 0.717) is 19.3 Å². The van der Waals surface area contributed by atoms with Crippen molar-refractivity contribution in [3.8, 4) is 0 Å². The molecule has 11 nitrogen and oxygen atoms in total. The molecule has 59 heavy (non-hydrogen) atoms. The Kier molecular flexibility index (Phi) is 36.2. The van der Waals surface area contributed by atoms with Gasteiger partial charge in [-0.3, -0.25) is 4.79 Å². The highest BCUT2D eigenvalue weighted by Crippen LogP contribution is 2.24. The summed E-state index contributed by atoms with van der Waals surface area (Å²) in [5.74, 6) is -1.85. The van der Waals surface area contributed by atoms with Gasteiger partial charge in [0.05, 0.1) is 18.8 Å². The van der Waals surface area contributed by atoms with Crippen LogP contribution in [0.4, 0.5) is 0 Å². The van der Waals surface area contributed by atoms with E-state index in [4.69, 9.17) is 9.47 Å². The summed E-state index contributed by atoms with van der Waals surface area (Å²) in [4.78, 5) is 24.6. The van der Waals surface area contributed by atoms with Crippen molar-refractivity contribution in [2.24, 2.45) is 0 Å². The molecule has 1 heterocycles. The van der Waals surface area contributed by atoms with Gasteiger partial charge in [-0.15, -0.1) is 0 Å². The summed E-state index contributed by atoms with van der Waals surface area (Å²) in [6, 6.07) is -1.08. The lowest BCUT2D eigenvalue weighted by Crippen LogP contribution is -2.61. The lowest BCUT2D eigenvalue weighted by atomic mass is 9.98. The smallest absolute Gasteiger partial charge is 0.335 e. The van der Waals surface area contributed by atoms with Gasteiger partial charge in [0.25, 0.3) is 0 Å². The molecule has 1 rings (SSSR count). The van der Waals surface area contributed by atoms with Crippen molar-refractivity contribution in [3.05, 3.63) is 0 Å². The Bertz CT molecular complexity index is 972. The van der Waals surface area contributed by atoms with Crippen molar-refractivity contribution in [2.75, 3.05) is 6.61 Å². The van der Waals surface area contributed by atoms with Crippen LogP contribution in [0.25, 0.3) is 0 Å². The second-order valence-electron chi connectivity index (χ2n) is 17.8. The average Bonchev–Trinajstić information content (AvgIpc) is 3.22. The zero-order chi connectivity index (χ0) is 43.4. The summed E-state index contributed by atoms with van der Waals surface area (Å²) >= 11 is 0. The van der Waals surface area contributed by atoms with E-state index in [1.165, 1.54) is 161 Å². The first-order chi connectivity index (χ1) is 28.6. The maximum absolute atomic E-state index is 13.0. The molecular formula is C48H93NO10. The van der Waals surface area contributed by atoms with Gasteiger partial charge in [-0.1, -0.05) is 219 Å². The van der Waals surface area contributed by atoms with Crippen molar-refractivity contribution in [3.63, 3.8) is 0 Å². The molecule has 1 saturated heterocycles. The molecule has 0 saturated carbocycles. The fourth-order valence-corrected chi connectivity index (χ4v) is 8.24. The number of aliphatic hydroxyl groups excluding tert-OH is 5. The molecule has 0 radical (unpaired) electrons. The largest absolute Gasteiger partial charge is 0.479 e. The highest BCUT2D eigenvalue weighted by atomic mass is 16.7. The number of carbonyl (C=O) groups excluding carboxylic acids is 1. The molecule has 0 unspecified atom stereocenters. The number of nitrogens with one attached hydrogen (secondary N) is 1. The molecule has 0 aromatic carbocycles. The molecule has 1 aliphatic rings. The maximum atomic E-state index is 13.0. The first-order valence-corrected chi connectivity index (χ1v) is 24.8. The van der Waals surface area contributed by atoms with Gasteiger partial charge in [-0.25, -0.2) is 4.79 Å². The summed E-state index contributed by atoms with van der Waals surface area (Å²) in [5, 5.41) is 64.9. The van der Waals surface area contributed by atoms with E-state index in [0.717, 1.165) is 38.5 Å². The number of carbonyl (C=O) groups is 2. The number of ether oxygens (including phenoxy) is 2. The van der Waals surface area contributed by atoms with Gasteiger partial charge in [0.15, 0.2) is 12.4 Å². The number of carboxylic acids is 1. The molecule has 1 aliphatic heterocycles. The van der Waals surface area contributed by atoms with Crippen molar-refractivity contribution >= 4 is 11.9 Å². The van der Waals surface area contributed by atoms with Gasteiger partial charge in [-0.05, 0) is 12.8 Å². The minimum atomic E-state index is -1.87. The van der Waals surface area contributed by atoms with Crippen LogP contribution in [0.15, 0.2) is 0 Å². The topological polar surface area (TPSA) is 186 Å². The monoisotopic (exact) mass is 844 g/mol. The zero-order valence-corrected chi connectivity index (χ0v) is 37.9. The number of hydrogen-bond acceptors (Lipinski definition) is 9. The van der Waals surface area contributed by atoms with Crippen LogP contribution in [0, 0.1) is 0 Å². The Hall–Kier alpha value is -1.34. The average molecular weight is 844 g/mol. The number of aliphatic hydroxyl groups is 5. The quantitative estimate of drug-likeness (QED) is 0.0292. The van der Waals surface area contributed by atoms with E-state index in [2.05, 4.69) is 19.2 Å². The van der Waals surface area contributed by atoms with Crippen LogP contribution in [0.2, 0.25) is 0 Å². The van der Waals surface area contributed by atoms with Gasteiger partial charge < -0.3 is 45.4 Å². The highest BCUT2D eigenvalue weighted by Gasteiger charge is 2.48. The van der Waals surface area contributed by atoms with E-state index in [1.807, 2.05) is 0 Å². The van der Waals surface area contributed by atoms with E-state index >= 15 is 0 Å². The Morgan fingerprint density at radius 2 is 0.881 bits per heavy atom. The van der Waals surface area contributed by atoms with Crippen LogP contribution in [-0.2, 0) is 19.1 Å². The van der Waals surface area contributed by atoms with Gasteiger partial charge in [0, 0.05) is 6.42 Å². The lowest BCUT2D eigenvalue weighted by molar-refractivity contribution is -0.296. The zero-order valence-electron chi connectivity index (χ0n) is 37.9. The molecule has 0 aromatic rings. The fourth-order valence-electron chi connectivity index (χ4n) is 8.24. The summed E-state index contributed by atoms with van der Waals surface area (Å²) < 4.78 is 10.8. The SMILES string of the molecule is CCCCCCCCCCCCCCCCCCCCCCCC(=O)N[C@@H](CO[C@H]1O[C@H](C(=O)O)[C@H](O)[C@H](O)[C@H]1O)[C@H](O)[C@H](O)CCCCCCCCCCCCCC. The predicted molar refractivity (Wildman–Crippen MR) is 237 cm³/mol. The van der Waals surface area contributed by atoms with E-state index in [-0.39, 0.29) is 12.3 Å². The molecular weight excluding hydrogens is 751 g/mol. The molecule has 350 valence electrons. The fraction of sp³-hybridized carbons (Fsp3) is 0.958. The molecule has 1 amide bonds. The first-order valence-electron chi connectivity index (χ1n) is 24.8. The van der Waals surface area contributed by atoms with Crippen LogP contribution in [0.3, 0.4) is 0 Å². The predicted octanol–water partition coefficient (Wildman–Crippen LogP) is 9.80. The standard InChI is InChI=1S/C48H93NO10/c1-3-5-7-9-11-13-15-17-18-19-20-21-22-23-24-25-27-29-31-33-35-37-41(51)49-39(38-58-48-45(55)43(53)44(54)46(59-48)47(56)57)42(52)40(50)36-34-32-30-28-26-16-14-12-10-8-6-4-2/h39-40,42-46,48,50,52-55H,3-38H2,1-2H3,(H,49,51)(H,56,57)/t39-,40+,42-,43-,44+,45+,46-,48-/m0/s1. The third-order valence-corrected chi connectivity index (χ3v) is 12.3. The van der Waals surface area contributed by atoms with Crippen LogP contribution < -0.4 is 5.32 Å². The highest BCUT2D eigenvalue weighted by molar-refractivity contribution is 5.76. The number of amides is 1. The number of hydrogen-bond donors (Lipinski definition) is 7. The molecule has 11 heteroatoms.